The topological polar surface area (TPSA) is 133 Å². The molecule has 2 heterocycles. The van der Waals surface area contributed by atoms with Crippen molar-refractivity contribution in [3.8, 4) is 0 Å². The van der Waals surface area contributed by atoms with E-state index in [0.717, 1.165) is 16.2 Å². The number of nitrogens with zero attached hydrogens (tertiary/aromatic N) is 3. The second-order valence-corrected chi connectivity index (χ2v) is 7.23. The highest BCUT2D eigenvalue weighted by Gasteiger charge is 2.27. The van der Waals surface area contributed by atoms with E-state index in [9.17, 15) is 19.5 Å². The molecule has 0 aliphatic heterocycles. The van der Waals surface area contributed by atoms with Gasteiger partial charge in [-0.15, -0.1) is 0 Å². The van der Waals surface area contributed by atoms with Crippen molar-refractivity contribution in [2.75, 3.05) is 17.3 Å². The average molecular weight is 402 g/mol. The monoisotopic (exact) mass is 402 g/mol. The predicted molar refractivity (Wildman–Crippen MR) is 104 cm³/mol. The van der Waals surface area contributed by atoms with E-state index in [2.05, 4.69) is 15.3 Å². The van der Waals surface area contributed by atoms with E-state index in [0.29, 0.717) is 40.5 Å². The number of rotatable bonds is 3. The molecule has 2 aromatic heterocycles. The van der Waals surface area contributed by atoms with E-state index < -0.39 is 6.09 Å². The quantitative estimate of drug-likeness (QED) is 0.408. The lowest BCUT2D eigenvalue weighted by atomic mass is 10.0. The number of hydrogen-bond donors (Lipinski definition) is 3. The normalized spacial score (nSPS) is 15.4. The minimum atomic E-state index is -1.16. The molecule has 1 aliphatic rings. The number of aryl methyl sites for hydroxylation is 1. The van der Waals surface area contributed by atoms with E-state index >= 15 is 0 Å². The summed E-state index contributed by atoms with van der Waals surface area (Å²) in [5, 5.41) is 22.6. The minimum absolute atomic E-state index is 0.190. The number of allylic oxidation sites excluding steroid dienone is 1. The molecular weight excluding hydrogens is 384 g/mol. The molecule has 0 bridgehead atoms. The number of aliphatic hydroxyl groups is 1. The molecule has 0 aromatic carbocycles. The van der Waals surface area contributed by atoms with Crippen LogP contribution < -0.4 is 10.2 Å². The first-order valence-electron chi connectivity index (χ1n) is 8.45. The smallest absolute Gasteiger partial charge is 0.412 e. The van der Waals surface area contributed by atoms with Crippen LogP contribution in [0.4, 0.5) is 15.7 Å². The van der Waals surface area contributed by atoms with Crippen molar-refractivity contribution in [2.45, 2.75) is 26.2 Å². The molecule has 0 saturated heterocycles. The molecular formula is C18H18N4O5S. The van der Waals surface area contributed by atoms with Gasteiger partial charge in [0, 0.05) is 31.3 Å². The molecule has 1 aliphatic carbocycles. The number of aliphatic hydroxyl groups excluding tert-OH is 1. The SMILES string of the molecule is CC(=O)Nc1nc2c(s1)C(=O)C(=C(O)c1ccc(N(C)C(=O)O)nc1)CCC2. The number of nitrogens with one attached hydrogen (secondary N) is 1. The number of amides is 2. The van der Waals surface area contributed by atoms with Crippen molar-refractivity contribution in [3.63, 3.8) is 0 Å². The zero-order valence-electron chi connectivity index (χ0n) is 15.2. The van der Waals surface area contributed by atoms with Gasteiger partial charge in [-0.25, -0.2) is 14.8 Å². The third kappa shape index (κ3) is 3.86. The third-order valence-electron chi connectivity index (χ3n) is 4.24. The van der Waals surface area contributed by atoms with E-state index in [1.165, 1.54) is 32.3 Å². The molecule has 10 heteroatoms. The lowest BCUT2D eigenvalue weighted by Gasteiger charge is -2.12. The van der Waals surface area contributed by atoms with Crippen LogP contribution in [0.2, 0.25) is 0 Å². The highest BCUT2D eigenvalue weighted by molar-refractivity contribution is 7.18. The van der Waals surface area contributed by atoms with Crippen molar-refractivity contribution >= 4 is 45.8 Å². The molecule has 0 fully saturated rings. The van der Waals surface area contributed by atoms with Gasteiger partial charge in [0.2, 0.25) is 11.7 Å². The van der Waals surface area contributed by atoms with Crippen molar-refractivity contribution in [2.24, 2.45) is 0 Å². The van der Waals surface area contributed by atoms with Gasteiger partial charge >= 0.3 is 6.09 Å². The molecule has 0 unspecified atom stereocenters. The van der Waals surface area contributed by atoms with E-state index in [1.807, 2.05) is 0 Å². The number of aromatic nitrogens is 2. The van der Waals surface area contributed by atoms with Crippen molar-refractivity contribution in [1.29, 1.82) is 0 Å². The summed E-state index contributed by atoms with van der Waals surface area (Å²) >= 11 is 1.09. The van der Waals surface area contributed by atoms with Crippen LogP contribution in [-0.4, -0.2) is 45.0 Å². The van der Waals surface area contributed by atoms with Gasteiger partial charge in [0.05, 0.1) is 10.6 Å². The lowest BCUT2D eigenvalue weighted by molar-refractivity contribution is -0.114. The molecule has 3 rings (SSSR count). The number of Topliss-reactive ketones (excluding diaryl/α,β-unsaturated/α-hetero) is 1. The summed E-state index contributed by atoms with van der Waals surface area (Å²) in [6, 6.07) is 2.97. The summed E-state index contributed by atoms with van der Waals surface area (Å²) < 4.78 is 0. The maximum absolute atomic E-state index is 12.9. The molecule has 0 atom stereocenters. The van der Waals surface area contributed by atoms with Gasteiger partial charge in [-0.1, -0.05) is 11.3 Å². The van der Waals surface area contributed by atoms with Crippen LogP contribution in [0.3, 0.4) is 0 Å². The Morgan fingerprint density at radius 1 is 1.25 bits per heavy atom. The molecule has 0 radical (unpaired) electrons. The molecule has 146 valence electrons. The zero-order valence-corrected chi connectivity index (χ0v) is 16.0. The van der Waals surface area contributed by atoms with Crippen molar-refractivity contribution < 1.29 is 24.6 Å². The molecule has 2 amide bonds. The number of thiazole rings is 1. The Hall–Kier alpha value is -3.27. The Kier molecular flexibility index (Phi) is 5.41. The van der Waals surface area contributed by atoms with Gasteiger partial charge in [-0.05, 0) is 31.4 Å². The number of carbonyl (C=O) groups excluding carboxylic acids is 2. The first-order chi connectivity index (χ1) is 13.3. The van der Waals surface area contributed by atoms with Gasteiger partial charge in [0.25, 0.3) is 0 Å². The highest BCUT2D eigenvalue weighted by atomic mass is 32.1. The fraction of sp³-hybridized carbons (Fsp3) is 0.278. The van der Waals surface area contributed by atoms with Crippen molar-refractivity contribution in [1.82, 2.24) is 9.97 Å². The number of ketones is 1. The maximum Gasteiger partial charge on any atom is 0.412 e. The van der Waals surface area contributed by atoms with Gasteiger partial charge in [0.15, 0.2) is 5.13 Å². The zero-order chi connectivity index (χ0) is 20.4. The maximum atomic E-state index is 12.9. The Balaban J connectivity index is 1.93. The van der Waals surface area contributed by atoms with Gasteiger partial charge in [0.1, 0.15) is 11.6 Å². The summed E-state index contributed by atoms with van der Waals surface area (Å²) in [5.74, 6) is -0.589. The lowest BCUT2D eigenvalue weighted by Crippen LogP contribution is -2.24. The third-order valence-corrected chi connectivity index (χ3v) is 5.25. The predicted octanol–water partition coefficient (Wildman–Crippen LogP) is 3.10. The average Bonchev–Trinajstić information content (AvgIpc) is 2.98. The summed E-state index contributed by atoms with van der Waals surface area (Å²) in [6.45, 7) is 1.37. The summed E-state index contributed by atoms with van der Waals surface area (Å²) in [5.41, 5.74) is 1.18. The van der Waals surface area contributed by atoms with Gasteiger partial charge < -0.3 is 15.5 Å². The first-order valence-corrected chi connectivity index (χ1v) is 9.26. The van der Waals surface area contributed by atoms with Gasteiger partial charge in [-0.3, -0.25) is 14.5 Å². The van der Waals surface area contributed by atoms with Crippen LogP contribution in [-0.2, 0) is 11.2 Å². The number of pyridine rings is 1. The number of anilines is 2. The summed E-state index contributed by atoms with van der Waals surface area (Å²) in [6.07, 6.45) is 1.73. The van der Waals surface area contributed by atoms with Crippen LogP contribution in [0.15, 0.2) is 23.9 Å². The fourth-order valence-electron chi connectivity index (χ4n) is 2.81. The molecule has 28 heavy (non-hydrogen) atoms. The largest absolute Gasteiger partial charge is 0.507 e. The molecule has 0 saturated carbocycles. The van der Waals surface area contributed by atoms with Crippen LogP contribution in [0, 0.1) is 0 Å². The molecule has 2 aromatic rings. The Labute approximate surface area is 164 Å². The van der Waals surface area contributed by atoms with Crippen LogP contribution >= 0.6 is 11.3 Å². The molecule has 3 N–H and O–H groups in total. The van der Waals surface area contributed by atoms with E-state index in [4.69, 9.17) is 5.11 Å². The number of hydrogen-bond acceptors (Lipinski definition) is 7. The van der Waals surface area contributed by atoms with Crippen LogP contribution in [0.25, 0.3) is 5.76 Å². The number of carbonyl (C=O) groups is 3. The van der Waals surface area contributed by atoms with Crippen LogP contribution in [0.1, 0.15) is 40.7 Å². The second-order valence-electron chi connectivity index (χ2n) is 6.23. The summed E-state index contributed by atoms with van der Waals surface area (Å²) in [4.78, 5) is 44.8. The number of fused-ring (bicyclic) bond motifs is 1. The fourth-order valence-corrected chi connectivity index (χ4v) is 3.83. The Morgan fingerprint density at radius 2 is 2.00 bits per heavy atom. The highest BCUT2D eigenvalue weighted by Crippen LogP contribution is 2.33. The van der Waals surface area contributed by atoms with E-state index in [1.54, 1.807) is 0 Å². The van der Waals surface area contributed by atoms with E-state index in [-0.39, 0.29) is 28.8 Å². The van der Waals surface area contributed by atoms with Crippen LogP contribution in [0.5, 0.6) is 0 Å². The van der Waals surface area contributed by atoms with Crippen molar-refractivity contribution in [3.05, 3.63) is 40.0 Å². The number of carboxylic acid groups (broad SMARTS) is 1. The van der Waals surface area contributed by atoms with Gasteiger partial charge in [-0.2, -0.15) is 0 Å². The molecule has 0 spiro atoms. The first kappa shape index (κ1) is 19.5. The second kappa shape index (κ2) is 7.77. The Bertz CT molecular complexity index is 980. The Morgan fingerprint density at radius 3 is 2.61 bits per heavy atom. The molecule has 9 nitrogen and oxygen atoms in total. The minimum Gasteiger partial charge on any atom is -0.507 e. The standard InChI is InChI=1S/C18H18N4O5S/c1-9(23)20-17-21-12-5-3-4-11(15(25)16(12)28-17)14(24)10-6-7-13(19-8-10)22(2)18(26)27/h6-8,24H,3-5H2,1-2H3,(H,26,27)(H,20,21,23). The summed E-state index contributed by atoms with van der Waals surface area (Å²) in [7, 11) is 1.36.